The van der Waals surface area contributed by atoms with Gasteiger partial charge < -0.3 is 15.5 Å². The first kappa shape index (κ1) is 16.7. The van der Waals surface area contributed by atoms with Gasteiger partial charge in [0, 0.05) is 37.5 Å². The third kappa shape index (κ3) is 3.66. The van der Waals surface area contributed by atoms with Gasteiger partial charge in [0.05, 0.1) is 5.56 Å². The maximum Gasteiger partial charge on any atom is 0.256 e. The molecule has 0 unspecified atom stereocenters. The molecule has 1 fully saturated rings. The van der Waals surface area contributed by atoms with E-state index in [1.807, 2.05) is 41.3 Å². The first-order chi connectivity index (χ1) is 11.7. The van der Waals surface area contributed by atoms with Gasteiger partial charge in [-0.3, -0.25) is 9.59 Å². The molecule has 1 aromatic heterocycles. The Morgan fingerprint density at radius 2 is 1.92 bits per heavy atom. The zero-order valence-electron chi connectivity index (χ0n) is 13.7. The number of piperazine rings is 1. The molecule has 1 aliphatic rings. The van der Waals surface area contributed by atoms with Crippen molar-refractivity contribution >= 4 is 28.2 Å². The standard InChI is InChI=1S/C18H21N3O2S/c1-2-16(22)20-17-14(18(23)21-10-8-19-9-11-21)12-15(24-17)13-6-4-3-5-7-13/h3-7,12,19H,2,8-11H2,1H3,(H,20,22). The molecule has 2 aromatic rings. The van der Waals surface area contributed by atoms with Crippen LogP contribution in [0, 0.1) is 0 Å². The van der Waals surface area contributed by atoms with E-state index in [-0.39, 0.29) is 11.8 Å². The first-order valence-electron chi connectivity index (χ1n) is 8.18. The number of hydrogen-bond donors (Lipinski definition) is 2. The highest BCUT2D eigenvalue weighted by molar-refractivity contribution is 7.20. The van der Waals surface area contributed by atoms with Gasteiger partial charge in [0.2, 0.25) is 5.91 Å². The van der Waals surface area contributed by atoms with Crippen LogP contribution < -0.4 is 10.6 Å². The lowest BCUT2D eigenvalue weighted by atomic mass is 10.1. The normalized spacial score (nSPS) is 14.5. The molecule has 0 aliphatic carbocycles. The van der Waals surface area contributed by atoms with Crippen LogP contribution in [0.15, 0.2) is 36.4 Å². The van der Waals surface area contributed by atoms with Crippen molar-refractivity contribution in [2.75, 3.05) is 31.5 Å². The average Bonchev–Trinajstić information content (AvgIpc) is 3.06. The van der Waals surface area contributed by atoms with E-state index in [0.29, 0.717) is 30.1 Å². The number of carbonyl (C=O) groups excluding carboxylic acids is 2. The van der Waals surface area contributed by atoms with Gasteiger partial charge in [0.15, 0.2) is 0 Å². The first-order valence-corrected chi connectivity index (χ1v) is 8.99. The van der Waals surface area contributed by atoms with Crippen LogP contribution in [0.25, 0.3) is 10.4 Å². The lowest BCUT2D eigenvalue weighted by molar-refractivity contribution is -0.115. The van der Waals surface area contributed by atoms with Crippen molar-refractivity contribution in [3.63, 3.8) is 0 Å². The summed E-state index contributed by atoms with van der Waals surface area (Å²) in [4.78, 5) is 27.6. The molecule has 3 rings (SSSR count). The van der Waals surface area contributed by atoms with Crippen LogP contribution in [-0.4, -0.2) is 42.9 Å². The second-order valence-electron chi connectivity index (χ2n) is 5.66. The Kier molecular flexibility index (Phi) is 5.27. The van der Waals surface area contributed by atoms with Crippen LogP contribution in [0.5, 0.6) is 0 Å². The molecular formula is C18H21N3O2S. The van der Waals surface area contributed by atoms with Gasteiger partial charge in [0.25, 0.3) is 5.91 Å². The van der Waals surface area contributed by atoms with Gasteiger partial charge in [-0.15, -0.1) is 11.3 Å². The number of anilines is 1. The molecule has 0 bridgehead atoms. The van der Waals surface area contributed by atoms with Crippen molar-refractivity contribution in [2.45, 2.75) is 13.3 Å². The molecule has 24 heavy (non-hydrogen) atoms. The second kappa shape index (κ2) is 7.59. The minimum absolute atomic E-state index is 0.0127. The Hall–Kier alpha value is -2.18. The molecule has 0 saturated carbocycles. The molecule has 1 saturated heterocycles. The summed E-state index contributed by atoms with van der Waals surface area (Å²) in [5, 5.41) is 6.78. The minimum atomic E-state index is -0.0779. The number of thiophene rings is 1. The summed E-state index contributed by atoms with van der Waals surface area (Å²) in [5.74, 6) is -0.0906. The van der Waals surface area contributed by atoms with Crippen molar-refractivity contribution in [1.82, 2.24) is 10.2 Å². The Morgan fingerprint density at radius 1 is 1.21 bits per heavy atom. The van der Waals surface area contributed by atoms with E-state index >= 15 is 0 Å². The molecule has 126 valence electrons. The monoisotopic (exact) mass is 343 g/mol. The Bertz CT molecular complexity index is 721. The van der Waals surface area contributed by atoms with Gasteiger partial charge in [0.1, 0.15) is 5.00 Å². The van der Waals surface area contributed by atoms with E-state index in [1.54, 1.807) is 6.92 Å². The molecular weight excluding hydrogens is 322 g/mol. The van der Waals surface area contributed by atoms with Gasteiger partial charge in [-0.05, 0) is 11.6 Å². The van der Waals surface area contributed by atoms with E-state index in [2.05, 4.69) is 10.6 Å². The molecule has 1 aromatic carbocycles. The summed E-state index contributed by atoms with van der Waals surface area (Å²) < 4.78 is 0. The second-order valence-corrected chi connectivity index (χ2v) is 6.72. The lowest BCUT2D eigenvalue weighted by Gasteiger charge is -2.27. The van der Waals surface area contributed by atoms with Crippen molar-refractivity contribution in [1.29, 1.82) is 0 Å². The van der Waals surface area contributed by atoms with Crippen LogP contribution >= 0.6 is 11.3 Å². The summed E-state index contributed by atoms with van der Waals surface area (Å²) in [6.45, 7) is 4.79. The van der Waals surface area contributed by atoms with E-state index < -0.39 is 0 Å². The number of carbonyl (C=O) groups is 2. The lowest BCUT2D eigenvalue weighted by Crippen LogP contribution is -2.46. The average molecular weight is 343 g/mol. The van der Waals surface area contributed by atoms with E-state index in [0.717, 1.165) is 23.5 Å². The Morgan fingerprint density at radius 3 is 2.58 bits per heavy atom. The topological polar surface area (TPSA) is 61.4 Å². The third-order valence-electron chi connectivity index (χ3n) is 4.00. The van der Waals surface area contributed by atoms with Crippen molar-refractivity contribution in [3.05, 3.63) is 42.0 Å². The maximum atomic E-state index is 12.9. The third-order valence-corrected chi connectivity index (χ3v) is 5.10. The molecule has 0 spiro atoms. The summed E-state index contributed by atoms with van der Waals surface area (Å²) in [6, 6.07) is 11.8. The molecule has 2 amide bonds. The van der Waals surface area contributed by atoms with Crippen LogP contribution in [0.3, 0.4) is 0 Å². The number of amides is 2. The van der Waals surface area contributed by atoms with Gasteiger partial charge in [-0.1, -0.05) is 37.3 Å². The van der Waals surface area contributed by atoms with Crippen molar-refractivity contribution in [3.8, 4) is 10.4 Å². The van der Waals surface area contributed by atoms with Crippen LogP contribution in [0.1, 0.15) is 23.7 Å². The fraction of sp³-hybridized carbons (Fsp3) is 0.333. The predicted octanol–water partition coefficient (Wildman–Crippen LogP) is 2.81. The number of benzene rings is 1. The fourth-order valence-corrected chi connectivity index (χ4v) is 3.71. The van der Waals surface area contributed by atoms with Crippen LogP contribution in [0.2, 0.25) is 0 Å². The molecule has 1 aliphatic heterocycles. The molecule has 5 nitrogen and oxygen atoms in total. The highest BCUT2D eigenvalue weighted by Crippen LogP contribution is 2.36. The quantitative estimate of drug-likeness (QED) is 0.897. The zero-order chi connectivity index (χ0) is 16.9. The van der Waals surface area contributed by atoms with Gasteiger partial charge in [-0.2, -0.15) is 0 Å². The zero-order valence-corrected chi connectivity index (χ0v) is 14.5. The van der Waals surface area contributed by atoms with Gasteiger partial charge >= 0.3 is 0 Å². The smallest absolute Gasteiger partial charge is 0.256 e. The highest BCUT2D eigenvalue weighted by Gasteiger charge is 2.24. The highest BCUT2D eigenvalue weighted by atomic mass is 32.1. The molecule has 2 N–H and O–H groups in total. The number of nitrogens with one attached hydrogen (secondary N) is 2. The molecule has 0 radical (unpaired) electrons. The maximum absolute atomic E-state index is 12.9. The number of rotatable bonds is 4. The molecule has 6 heteroatoms. The molecule has 0 atom stereocenters. The van der Waals surface area contributed by atoms with Crippen molar-refractivity contribution < 1.29 is 9.59 Å². The Labute approximate surface area is 145 Å². The predicted molar refractivity (Wildman–Crippen MR) is 97.4 cm³/mol. The van der Waals surface area contributed by atoms with Crippen LogP contribution in [0.4, 0.5) is 5.00 Å². The van der Waals surface area contributed by atoms with E-state index in [9.17, 15) is 9.59 Å². The number of nitrogens with zero attached hydrogens (tertiary/aromatic N) is 1. The summed E-state index contributed by atoms with van der Waals surface area (Å²) in [5.41, 5.74) is 1.64. The molecule has 2 heterocycles. The van der Waals surface area contributed by atoms with Gasteiger partial charge in [-0.25, -0.2) is 0 Å². The Balaban J connectivity index is 1.94. The van der Waals surface area contributed by atoms with E-state index in [4.69, 9.17) is 0 Å². The number of hydrogen-bond acceptors (Lipinski definition) is 4. The fourth-order valence-electron chi connectivity index (χ4n) is 2.64. The summed E-state index contributed by atoms with van der Waals surface area (Å²) >= 11 is 1.45. The largest absolute Gasteiger partial charge is 0.336 e. The summed E-state index contributed by atoms with van der Waals surface area (Å²) in [6.07, 6.45) is 0.389. The summed E-state index contributed by atoms with van der Waals surface area (Å²) in [7, 11) is 0. The van der Waals surface area contributed by atoms with Crippen molar-refractivity contribution in [2.24, 2.45) is 0 Å². The van der Waals surface area contributed by atoms with Crippen LogP contribution in [-0.2, 0) is 4.79 Å². The van der Waals surface area contributed by atoms with E-state index in [1.165, 1.54) is 11.3 Å². The minimum Gasteiger partial charge on any atom is -0.336 e. The SMILES string of the molecule is CCC(=O)Nc1sc(-c2ccccc2)cc1C(=O)N1CCNCC1.